The molecule has 1 heterocycles. The van der Waals surface area contributed by atoms with Gasteiger partial charge in [0.05, 0.1) is 11.5 Å². The highest BCUT2D eigenvalue weighted by Crippen LogP contribution is 2.62. The number of nitrogens with zero attached hydrogens (tertiary/aromatic N) is 1. The van der Waals surface area contributed by atoms with Gasteiger partial charge in [-0.3, -0.25) is 4.79 Å². The molecule has 2 spiro atoms. The first kappa shape index (κ1) is 22.9. The first-order valence-corrected chi connectivity index (χ1v) is 14.4. The number of rotatable bonds is 6. The fraction of sp³-hybridized carbons (Fsp3) is 0.519. The molecule has 2 aromatic rings. The molecule has 6 rings (SSSR count). The van der Waals surface area contributed by atoms with Gasteiger partial charge < -0.3 is 10.0 Å². The second-order valence-corrected chi connectivity index (χ2v) is 13.0. The van der Waals surface area contributed by atoms with Crippen LogP contribution in [0.1, 0.15) is 67.3 Å². The number of amides is 1. The Morgan fingerprint density at radius 2 is 1.85 bits per heavy atom. The number of hydrogen-bond acceptors (Lipinski definition) is 3. The van der Waals surface area contributed by atoms with Crippen molar-refractivity contribution in [2.75, 3.05) is 18.1 Å². The van der Waals surface area contributed by atoms with Gasteiger partial charge in [-0.15, -0.1) is 0 Å². The SMILES string of the molecule is O=C(c1cccc(S(=O)NC(CO)C2CC2)c1)N1CC2(CCC3(CC3)CC2)c2cc(Br)ccc21. The Kier molecular flexibility index (Phi) is 5.75. The van der Waals surface area contributed by atoms with Crippen LogP contribution in [-0.2, 0) is 16.4 Å². The first-order valence-electron chi connectivity index (χ1n) is 12.4. The maximum Gasteiger partial charge on any atom is 0.258 e. The summed E-state index contributed by atoms with van der Waals surface area (Å²) in [6.07, 6.45) is 9.64. The second-order valence-electron chi connectivity index (χ2n) is 10.9. The normalized spacial score (nSPS) is 23.6. The molecule has 1 amide bonds. The van der Waals surface area contributed by atoms with E-state index < -0.39 is 11.0 Å². The Morgan fingerprint density at radius 1 is 1.12 bits per heavy atom. The quantitative estimate of drug-likeness (QED) is 0.534. The van der Waals surface area contributed by atoms with E-state index in [0.29, 0.717) is 28.3 Å². The van der Waals surface area contributed by atoms with Crippen molar-refractivity contribution in [3.05, 3.63) is 58.1 Å². The second kappa shape index (κ2) is 8.54. The van der Waals surface area contributed by atoms with Crippen LogP contribution in [0.25, 0.3) is 0 Å². The van der Waals surface area contributed by atoms with Crippen molar-refractivity contribution in [3.63, 3.8) is 0 Å². The number of fused-ring (bicyclic) bond motifs is 2. The molecule has 3 fully saturated rings. The number of aliphatic hydroxyl groups is 1. The molecule has 0 aromatic heterocycles. The predicted octanol–water partition coefficient (Wildman–Crippen LogP) is 5.08. The van der Waals surface area contributed by atoms with E-state index in [0.717, 1.165) is 35.8 Å². The van der Waals surface area contributed by atoms with Crippen molar-refractivity contribution < 1.29 is 14.1 Å². The zero-order valence-corrected chi connectivity index (χ0v) is 21.7. The summed E-state index contributed by atoms with van der Waals surface area (Å²) in [6.45, 7) is 0.687. The van der Waals surface area contributed by atoms with Gasteiger partial charge in [0.2, 0.25) is 0 Å². The number of carbonyl (C=O) groups excluding carboxylic acids is 1. The summed E-state index contributed by atoms with van der Waals surface area (Å²) in [7, 11) is -1.47. The average molecular weight is 544 g/mol. The molecule has 4 aliphatic rings. The van der Waals surface area contributed by atoms with Gasteiger partial charge in [0, 0.05) is 33.7 Å². The number of anilines is 1. The van der Waals surface area contributed by atoms with Gasteiger partial charge in [-0.1, -0.05) is 22.0 Å². The fourth-order valence-corrected chi connectivity index (χ4v) is 7.55. The van der Waals surface area contributed by atoms with Gasteiger partial charge in [0.1, 0.15) is 11.0 Å². The lowest BCUT2D eigenvalue weighted by Gasteiger charge is -2.38. The minimum Gasteiger partial charge on any atom is -0.395 e. The van der Waals surface area contributed by atoms with E-state index in [1.54, 1.807) is 18.2 Å². The molecule has 0 bridgehead atoms. The van der Waals surface area contributed by atoms with Gasteiger partial charge >= 0.3 is 0 Å². The van der Waals surface area contributed by atoms with Crippen LogP contribution in [0, 0.1) is 11.3 Å². The van der Waals surface area contributed by atoms with Crippen LogP contribution in [0.5, 0.6) is 0 Å². The van der Waals surface area contributed by atoms with Gasteiger partial charge in [-0.2, -0.15) is 0 Å². The van der Waals surface area contributed by atoms with Gasteiger partial charge in [0.15, 0.2) is 0 Å². The van der Waals surface area contributed by atoms with Crippen molar-refractivity contribution in [2.24, 2.45) is 11.3 Å². The summed E-state index contributed by atoms with van der Waals surface area (Å²) in [5, 5.41) is 9.63. The molecule has 3 saturated carbocycles. The van der Waals surface area contributed by atoms with Crippen molar-refractivity contribution in [1.29, 1.82) is 0 Å². The van der Waals surface area contributed by atoms with Crippen molar-refractivity contribution in [3.8, 4) is 0 Å². The Morgan fingerprint density at radius 3 is 2.53 bits per heavy atom. The largest absolute Gasteiger partial charge is 0.395 e. The van der Waals surface area contributed by atoms with E-state index in [9.17, 15) is 14.1 Å². The first-order chi connectivity index (χ1) is 16.4. The molecule has 2 unspecified atom stereocenters. The number of nitrogens with one attached hydrogen (secondary N) is 1. The van der Waals surface area contributed by atoms with Crippen LogP contribution < -0.4 is 9.62 Å². The number of halogens is 1. The molecule has 180 valence electrons. The number of aliphatic hydroxyl groups excluding tert-OH is 1. The monoisotopic (exact) mass is 542 g/mol. The molecule has 2 aromatic carbocycles. The molecule has 0 saturated heterocycles. The highest BCUT2D eigenvalue weighted by atomic mass is 79.9. The molecule has 2 atom stereocenters. The lowest BCUT2D eigenvalue weighted by Crippen LogP contribution is -2.40. The average Bonchev–Trinajstić information content (AvgIpc) is 3.79. The van der Waals surface area contributed by atoms with E-state index in [-0.39, 0.29) is 24.0 Å². The molecule has 2 N–H and O–H groups in total. The van der Waals surface area contributed by atoms with E-state index in [2.05, 4.69) is 32.8 Å². The van der Waals surface area contributed by atoms with Crippen molar-refractivity contribution >= 4 is 38.5 Å². The van der Waals surface area contributed by atoms with Gasteiger partial charge in [-0.25, -0.2) is 8.93 Å². The highest BCUT2D eigenvalue weighted by molar-refractivity contribution is 9.10. The summed E-state index contributed by atoms with van der Waals surface area (Å²) in [5.74, 6) is 0.354. The Bertz CT molecular complexity index is 1150. The van der Waals surface area contributed by atoms with Crippen LogP contribution in [0.2, 0.25) is 0 Å². The highest BCUT2D eigenvalue weighted by Gasteiger charge is 2.53. The van der Waals surface area contributed by atoms with Crippen molar-refractivity contribution in [2.45, 2.75) is 67.7 Å². The third-order valence-electron chi connectivity index (χ3n) is 8.69. The maximum atomic E-state index is 13.8. The molecule has 3 aliphatic carbocycles. The van der Waals surface area contributed by atoms with Crippen LogP contribution in [-0.4, -0.2) is 34.4 Å². The maximum absolute atomic E-state index is 13.8. The van der Waals surface area contributed by atoms with E-state index in [1.807, 2.05) is 17.0 Å². The fourth-order valence-electron chi connectivity index (χ4n) is 6.07. The smallest absolute Gasteiger partial charge is 0.258 e. The lowest BCUT2D eigenvalue weighted by molar-refractivity contribution is 0.0980. The number of hydrogen-bond donors (Lipinski definition) is 2. The zero-order chi connectivity index (χ0) is 23.5. The van der Waals surface area contributed by atoms with Crippen molar-refractivity contribution in [1.82, 2.24) is 4.72 Å². The molecule has 1 aliphatic heterocycles. The Balaban J connectivity index is 1.26. The lowest BCUT2D eigenvalue weighted by atomic mass is 9.66. The van der Waals surface area contributed by atoms with Crippen LogP contribution in [0.3, 0.4) is 0 Å². The standard InChI is InChI=1S/C27H31BrN2O3S/c28-20-6-7-24-22(15-20)27(12-10-26(8-9-26)11-13-27)17-30(24)25(32)19-2-1-3-21(14-19)34(33)29-23(16-31)18-4-5-18/h1-3,6-7,14-15,18,23,29,31H,4-5,8-13,16-17H2. The third-order valence-corrected chi connectivity index (χ3v) is 10.4. The predicted molar refractivity (Wildman–Crippen MR) is 137 cm³/mol. The summed E-state index contributed by atoms with van der Waals surface area (Å²) in [6, 6.07) is 13.3. The molecule has 7 heteroatoms. The minimum atomic E-state index is -1.47. The van der Waals surface area contributed by atoms with Crippen LogP contribution in [0.15, 0.2) is 51.8 Å². The summed E-state index contributed by atoms with van der Waals surface area (Å²) >= 11 is 3.65. The number of carbonyl (C=O) groups is 1. The minimum absolute atomic E-state index is 0.0292. The summed E-state index contributed by atoms with van der Waals surface area (Å²) < 4.78 is 17.1. The van der Waals surface area contributed by atoms with E-state index in [1.165, 1.54) is 31.2 Å². The van der Waals surface area contributed by atoms with E-state index >= 15 is 0 Å². The topological polar surface area (TPSA) is 69.6 Å². The van der Waals surface area contributed by atoms with Gasteiger partial charge in [-0.05, 0) is 105 Å². The van der Waals surface area contributed by atoms with E-state index in [4.69, 9.17) is 0 Å². The molecule has 5 nitrogen and oxygen atoms in total. The Hall–Kier alpha value is -1.54. The molecule has 34 heavy (non-hydrogen) atoms. The molecular weight excluding hydrogens is 512 g/mol. The summed E-state index contributed by atoms with van der Waals surface area (Å²) in [5.41, 5.74) is 3.48. The third kappa shape index (κ3) is 4.08. The van der Waals surface area contributed by atoms with Crippen LogP contribution in [0.4, 0.5) is 5.69 Å². The van der Waals surface area contributed by atoms with Crippen LogP contribution >= 0.6 is 15.9 Å². The summed E-state index contributed by atoms with van der Waals surface area (Å²) in [4.78, 5) is 16.3. The molecular formula is C27H31BrN2O3S. The Labute approximate surface area is 212 Å². The zero-order valence-electron chi connectivity index (χ0n) is 19.3. The number of benzene rings is 2. The molecule has 0 radical (unpaired) electrons. The van der Waals surface area contributed by atoms with Gasteiger partial charge in [0.25, 0.3) is 5.91 Å².